The Kier molecular flexibility index (Phi) is 7.64. The summed E-state index contributed by atoms with van der Waals surface area (Å²) in [6.07, 6.45) is 0.904. The van der Waals surface area contributed by atoms with Crippen molar-refractivity contribution < 1.29 is 23.1 Å². The first kappa shape index (κ1) is 25.7. The lowest BCUT2D eigenvalue weighted by Gasteiger charge is -2.27. The van der Waals surface area contributed by atoms with E-state index in [4.69, 9.17) is 13.9 Å². The van der Waals surface area contributed by atoms with Crippen molar-refractivity contribution in [1.82, 2.24) is 9.80 Å². The average molecular weight is 497 g/mol. The third kappa shape index (κ3) is 5.09. The topological polar surface area (TPSA) is 72.2 Å². The third-order valence-electron chi connectivity index (χ3n) is 6.25. The SMILES string of the molecule is CCOc1cc(C2c3c(oc4ccc(F)cc4c3=O)C(=O)N2CCN(C)C)ccc1OCCC(C)C. The molecule has 0 bridgehead atoms. The summed E-state index contributed by atoms with van der Waals surface area (Å²) in [7, 11) is 3.83. The Morgan fingerprint density at radius 3 is 2.56 bits per heavy atom. The Labute approximate surface area is 210 Å². The first-order valence-electron chi connectivity index (χ1n) is 12.3. The number of nitrogens with zero attached hydrogens (tertiary/aromatic N) is 2. The highest BCUT2D eigenvalue weighted by Crippen LogP contribution is 2.41. The summed E-state index contributed by atoms with van der Waals surface area (Å²) < 4.78 is 31.7. The van der Waals surface area contributed by atoms with Gasteiger partial charge in [0.25, 0.3) is 5.91 Å². The standard InChI is InChI=1S/C28H33FN2O5/c1-6-34-23-15-18(7-9-22(23)35-14-11-17(2)3)25-24-26(32)20-16-19(29)8-10-21(20)36-27(24)28(33)31(25)13-12-30(4)5/h7-10,15-17,25H,6,11-14H2,1-5H3. The summed E-state index contributed by atoms with van der Waals surface area (Å²) in [5.74, 6) is 0.752. The number of carbonyl (C=O) groups is 1. The van der Waals surface area contributed by atoms with Crippen LogP contribution in [0, 0.1) is 11.7 Å². The zero-order valence-electron chi connectivity index (χ0n) is 21.5. The highest BCUT2D eigenvalue weighted by Gasteiger charge is 2.42. The van der Waals surface area contributed by atoms with E-state index in [1.54, 1.807) is 4.90 Å². The van der Waals surface area contributed by atoms with Crippen molar-refractivity contribution in [2.75, 3.05) is 40.4 Å². The Hall–Kier alpha value is -3.39. The van der Waals surface area contributed by atoms with E-state index in [2.05, 4.69) is 13.8 Å². The van der Waals surface area contributed by atoms with E-state index < -0.39 is 17.3 Å². The second-order valence-corrected chi connectivity index (χ2v) is 9.69. The molecule has 4 rings (SSSR count). The van der Waals surface area contributed by atoms with Gasteiger partial charge in [-0.05, 0) is 69.3 Å². The second-order valence-electron chi connectivity index (χ2n) is 9.69. The van der Waals surface area contributed by atoms with Crippen LogP contribution in [0.3, 0.4) is 0 Å². The summed E-state index contributed by atoms with van der Waals surface area (Å²) in [4.78, 5) is 30.7. The van der Waals surface area contributed by atoms with E-state index in [9.17, 15) is 14.0 Å². The van der Waals surface area contributed by atoms with Crippen LogP contribution in [0.25, 0.3) is 11.0 Å². The average Bonchev–Trinajstić information content (AvgIpc) is 3.11. The van der Waals surface area contributed by atoms with Crippen molar-refractivity contribution in [3.05, 3.63) is 69.3 Å². The second kappa shape index (κ2) is 10.7. The summed E-state index contributed by atoms with van der Waals surface area (Å²) in [5.41, 5.74) is 0.689. The maximum absolute atomic E-state index is 14.0. The fourth-order valence-corrected chi connectivity index (χ4v) is 4.36. The van der Waals surface area contributed by atoms with Crippen molar-refractivity contribution >= 4 is 16.9 Å². The van der Waals surface area contributed by atoms with Gasteiger partial charge in [0.15, 0.2) is 16.9 Å². The molecule has 1 aliphatic heterocycles. The molecule has 1 aromatic heterocycles. The number of likely N-dealkylation sites (N-methyl/N-ethyl adjacent to an activating group) is 1. The first-order valence-corrected chi connectivity index (χ1v) is 12.3. The molecule has 0 radical (unpaired) electrons. The predicted molar refractivity (Wildman–Crippen MR) is 136 cm³/mol. The zero-order chi connectivity index (χ0) is 26.0. The number of hydrogen-bond donors (Lipinski definition) is 0. The van der Waals surface area contributed by atoms with Gasteiger partial charge in [0, 0.05) is 13.1 Å². The zero-order valence-corrected chi connectivity index (χ0v) is 21.5. The molecule has 7 nitrogen and oxygen atoms in total. The molecule has 1 amide bonds. The smallest absolute Gasteiger partial charge is 0.290 e. The molecule has 1 unspecified atom stereocenters. The minimum Gasteiger partial charge on any atom is -0.490 e. The lowest BCUT2D eigenvalue weighted by atomic mass is 9.98. The highest BCUT2D eigenvalue weighted by atomic mass is 19.1. The molecule has 0 saturated carbocycles. The Morgan fingerprint density at radius 2 is 1.86 bits per heavy atom. The molecule has 2 aromatic carbocycles. The van der Waals surface area contributed by atoms with Crippen molar-refractivity contribution in [2.45, 2.75) is 33.2 Å². The van der Waals surface area contributed by atoms with E-state index >= 15 is 0 Å². The quantitative estimate of drug-likeness (QED) is 0.399. The molecule has 1 atom stereocenters. The minimum atomic E-state index is -0.694. The summed E-state index contributed by atoms with van der Waals surface area (Å²) in [5, 5.41) is 0.111. The van der Waals surface area contributed by atoms with Gasteiger partial charge in [-0.25, -0.2) is 4.39 Å². The largest absolute Gasteiger partial charge is 0.490 e. The molecule has 36 heavy (non-hydrogen) atoms. The fraction of sp³-hybridized carbons (Fsp3) is 0.429. The number of ether oxygens (including phenoxy) is 2. The number of halogens is 1. The van der Waals surface area contributed by atoms with Gasteiger partial charge in [-0.2, -0.15) is 0 Å². The molecule has 2 heterocycles. The molecule has 0 saturated heterocycles. The highest BCUT2D eigenvalue weighted by molar-refractivity contribution is 5.99. The van der Waals surface area contributed by atoms with Crippen LogP contribution >= 0.6 is 0 Å². The normalized spacial score (nSPS) is 15.3. The van der Waals surface area contributed by atoms with Crippen molar-refractivity contribution in [1.29, 1.82) is 0 Å². The maximum Gasteiger partial charge on any atom is 0.290 e. The Bertz CT molecular complexity index is 1320. The number of rotatable bonds is 10. The van der Waals surface area contributed by atoms with Crippen molar-refractivity contribution in [3.63, 3.8) is 0 Å². The van der Waals surface area contributed by atoms with Crippen molar-refractivity contribution in [3.8, 4) is 11.5 Å². The first-order chi connectivity index (χ1) is 17.2. The molecule has 0 fully saturated rings. The van der Waals surface area contributed by atoms with Crippen LogP contribution < -0.4 is 14.9 Å². The predicted octanol–water partition coefficient (Wildman–Crippen LogP) is 4.86. The lowest BCUT2D eigenvalue weighted by Crippen LogP contribution is -2.35. The van der Waals surface area contributed by atoms with Crippen molar-refractivity contribution in [2.24, 2.45) is 5.92 Å². The summed E-state index contributed by atoms with van der Waals surface area (Å²) >= 11 is 0. The van der Waals surface area contributed by atoms with E-state index in [0.29, 0.717) is 49.3 Å². The van der Waals surface area contributed by atoms with Crippen LogP contribution in [0.2, 0.25) is 0 Å². The van der Waals surface area contributed by atoms with Gasteiger partial charge in [0.05, 0.1) is 30.2 Å². The van der Waals surface area contributed by atoms with E-state index in [1.165, 1.54) is 12.1 Å². The molecule has 192 valence electrons. The Balaban J connectivity index is 1.83. The molecule has 0 N–H and O–H groups in total. The molecule has 1 aliphatic rings. The number of benzene rings is 2. The van der Waals surface area contributed by atoms with Crippen LogP contribution in [-0.4, -0.2) is 56.1 Å². The number of amides is 1. The lowest BCUT2D eigenvalue weighted by molar-refractivity contribution is 0.0716. The van der Waals surface area contributed by atoms with Gasteiger partial charge in [-0.1, -0.05) is 19.9 Å². The van der Waals surface area contributed by atoms with Crippen LogP contribution in [0.1, 0.15) is 54.9 Å². The van der Waals surface area contributed by atoms with Crippen LogP contribution in [0.5, 0.6) is 11.5 Å². The number of hydrogen-bond acceptors (Lipinski definition) is 6. The van der Waals surface area contributed by atoms with Crippen LogP contribution in [0.15, 0.2) is 45.6 Å². The minimum absolute atomic E-state index is 0.00177. The van der Waals surface area contributed by atoms with Gasteiger partial charge in [-0.15, -0.1) is 0 Å². The molecule has 8 heteroatoms. The van der Waals surface area contributed by atoms with Gasteiger partial charge >= 0.3 is 0 Å². The molecule has 0 spiro atoms. The molecule has 3 aromatic rings. The van der Waals surface area contributed by atoms with Crippen LogP contribution in [0.4, 0.5) is 4.39 Å². The van der Waals surface area contributed by atoms with Gasteiger partial charge in [0.1, 0.15) is 11.4 Å². The maximum atomic E-state index is 14.0. The molecular formula is C28H33FN2O5. The Morgan fingerprint density at radius 1 is 1.08 bits per heavy atom. The van der Waals surface area contributed by atoms with Gasteiger partial charge < -0.3 is 23.7 Å². The summed E-state index contributed by atoms with van der Waals surface area (Å²) in [6, 6.07) is 8.54. The van der Waals surface area contributed by atoms with Gasteiger partial charge in [0.2, 0.25) is 5.76 Å². The fourth-order valence-electron chi connectivity index (χ4n) is 4.36. The number of carbonyl (C=O) groups excluding carboxylic acids is 1. The summed E-state index contributed by atoms with van der Waals surface area (Å²) in [6.45, 7) is 8.10. The number of fused-ring (bicyclic) bond motifs is 2. The van der Waals surface area contributed by atoms with E-state index in [1.807, 2.05) is 44.1 Å². The van der Waals surface area contributed by atoms with E-state index in [0.717, 1.165) is 12.5 Å². The van der Waals surface area contributed by atoms with Crippen LogP contribution in [-0.2, 0) is 0 Å². The molecular weight excluding hydrogens is 463 g/mol. The van der Waals surface area contributed by atoms with E-state index in [-0.39, 0.29) is 28.2 Å². The third-order valence-corrected chi connectivity index (χ3v) is 6.25. The van der Waals surface area contributed by atoms with Gasteiger partial charge in [-0.3, -0.25) is 9.59 Å². The molecule has 0 aliphatic carbocycles. The monoisotopic (exact) mass is 496 g/mol.